The number of nitrogens with one attached hydrogen (secondary N) is 2. The Bertz CT molecular complexity index is 993. The lowest BCUT2D eigenvalue weighted by atomic mass is 9.79. The van der Waals surface area contributed by atoms with Gasteiger partial charge in [-0.25, -0.2) is 14.2 Å². The molecule has 33 heavy (non-hydrogen) atoms. The predicted octanol–water partition coefficient (Wildman–Crippen LogP) is 3.58. The molecule has 7 nitrogen and oxygen atoms in total. The Labute approximate surface area is 192 Å². The minimum absolute atomic E-state index is 0.0909. The first-order valence-electron chi connectivity index (χ1n) is 11.6. The smallest absolute Gasteiger partial charge is 0.326 e. The molecular formula is C25H30FN3O4. The highest BCUT2D eigenvalue weighted by Crippen LogP contribution is 2.34. The standard InChI is InChI=1S/C25H30FN3O4/c26-19-5-1-3-18(15-19)24(30)29-22(25(31)32)10-12-33-21-13-16(14-21)6-8-20-9-7-17-4-2-11-27-23(17)28-20/h1,3,5,7,9,15-16,21-22H,2,4,6,8,10-14H2,(H,27,28)(H,29,30)(H,31,32)/t16?,21?,22-/m0/s1. The topological polar surface area (TPSA) is 101 Å². The quantitative estimate of drug-likeness (QED) is 0.506. The second-order valence-electron chi connectivity index (χ2n) is 8.87. The summed E-state index contributed by atoms with van der Waals surface area (Å²) in [5.74, 6) is -0.676. The van der Waals surface area contributed by atoms with Crippen LogP contribution in [-0.2, 0) is 22.4 Å². The maximum Gasteiger partial charge on any atom is 0.326 e. The summed E-state index contributed by atoms with van der Waals surface area (Å²) < 4.78 is 19.1. The molecule has 0 spiro atoms. The molecule has 4 rings (SSSR count). The molecule has 176 valence electrons. The molecule has 1 aliphatic heterocycles. The van der Waals surface area contributed by atoms with Gasteiger partial charge < -0.3 is 20.5 Å². The Morgan fingerprint density at radius 3 is 2.91 bits per heavy atom. The van der Waals surface area contributed by atoms with Crippen LogP contribution >= 0.6 is 0 Å². The van der Waals surface area contributed by atoms with E-state index in [1.807, 2.05) is 0 Å². The van der Waals surface area contributed by atoms with Crippen LogP contribution in [0.1, 0.15) is 53.7 Å². The number of pyridine rings is 1. The van der Waals surface area contributed by atoms with Crippen molar-refractivity contribution in [1.82, 2.24) is 10.3 Å². The van der Waals surface area contributed by atoms with E-state index in [0.717, 1.165) is 62.6 Å². The number of hydrogen-bond donors (Lipinski definition) is 3. The Balaban J connectivity index is 1.14. The molecule has 0 bridgehead atoms. The fourth-order valence-electron chi connectivity index (χ4n) is 4.39. The number of hydrogen-bond acceptors (Lipinski definition) is 5. The molecule has 1 aromatic carbocycles. The van der Waals surface area contributed by atoms with E-state index in [2.05, 4.69) is 22.8 Å². The summed E-state index contributed by atoms with van der Waals surface area (Å²) >= 11 is 0. The second kappa shape index (κ2) is 10.7. The molecule has 0 unspecified atom stereocenters. The molecule has 3 N–H and O–H groups in total. The average molecular weight is 456 g/mol. The van der Waals surface area contributed by atoms with Gasteiger partial charge in [0.1, 0.15) is 17.7 Å². The number of rotatable bonds is 10. The number of nitrogens with zero attached hydrogens (tertiary/aromatic N) is 1. The molecule has 1 atom stereocenters. The number of carboxylic acids is 1. The van der Waals surface area contributed by atoms with E-state index in [1.54, 1.807) is 0 Å². The highest BCUT2D eigenvalue weighted by molar-refractivity contribution is 5.96. The third-order valence-corrected chi connectivity index (χ3v) is 6.40. The van der Waals surface area contributed by atoms with Crippen molar-refractivity contribution in [2.45, 2.75) is 57.1 Å². The molecule has 1 amide bonds. The van der Waals surface area contributed by atoms with Gasteiger partial charge in [-0.05, 0) is 74.3 Å². The van der Waals surface area contributed by atoms with Gasteiger partial charge in [0, 0.05) is 30.8 Å². The largest absolute Gasteiger partial charge is 0.480 e. The summed E-state index contributed by atoms with van der Waals surface area (Å²) in [6.07, 6.45) is 6.45. The first-order valence-corrected chi connectivity index (χ1v) is 11.6. The van der Waals surface area contributed by atoms with Crippen LogP contribution in [0.4, 0.5) is 10.2 Å². The number of carboxylic acid groups (broad SMARTS) is 1. The van der Waals surface area contributed by atoms with Gasteiger partial charge in [-0.15, -0.1) is 0 Å². The van der Waals surface area contributed by atoms with Crippen LogP contribution in [0.2, 0.25) is 0 Å². The number of amides is 1. The average Bonchev–Trinajstić information content (AvgIpc) is 2.78. The number of aromatic nitrogens is 1. The number of halogens is 1. The van der Waals surface area contributed by atoms with E-state index in [0.29, 0.717) is 5.92 Å². The van der Waals surface area contributed by atoms with Gasteiger partial charge in [0.2, 0.25) is 0 Å². The summed E-state index contributed by atoms with van der Waals surface area (Å²) in [4.78, 5) is 28.4. The summed E-state index contributed by atoms with van der Waals surface area (Å²) in [5, 5.41) is 15.2. The second-order valence-corrected chi connectivity index (χ2v) is 8.87. The highest BCUT2D eigenvalue weighted by Gasteiger charge is 2.30. The van der Waals surface area contributed by atoms with Crippen LogP contribution < -0.4 is 10.6 Å². The minimum Gasteiger partial charge on any atom is -0.480 e. The van der Waals surface area contributed by atoms with Crippen molar-refractivity contribution in [2.75, 3.05) is 18.5 Å². The van der Waals surface area contributed by atoms with Crippen LogP contribution in [0, 0.1) is 11.7 Å². The molecule has 2 aliphatic rings. The third kappa shape index (κ3) is 6.28. The van der Waals surface area contributed by atoms with E-state index < -0.39 is 23.7 Å². The van der Waals surface area contributed by atoms with Crippen molar-refractivity contribution in [2.24, 2.45) is 5.92 Å². The van der Waals surface area contributed by atoms with Gasteiger partial charge in [-0.3, -0.25) is 4.79 Å². The molecule has 2 heterocycles. The van der Waals surface area contributed by atoms with E-state index in [1.165, 1.54) is 23.8 Å². The van der Waals surface area contributed by atoms with Crippen LogP contribution in [0.15, 0.2) is 36.4 Å². The van der Waals surface area contributed by atoms with Gasteiger partial charge in [0.05, 0.1) is 6.10 Å². The molecule has 1 aromatic heterocycles. The van der Waals surface area contributed by atoms with Gasteiger partial charge in [-0.2, -0.15) is 0 Å². The zero-order chi connectivity index (χ0) is 23.2. The van der Waals surface area contributed by atoms with Crippen LogP contribution in [0.5, 0.6) is 0 Å². The van der Waals surface area contributed by atoms with Crippen molar-refractivity contribution >= 4 is 17.7 Å². The minimum atomic E-state index is -1.14. The number of carbonyl (C=O) groups excluding carboxylic acids is 1. The third-order valence-electron chi connectivity index (χ3n) is 6.40. The lowest BCUT2D eigenvalue weighted by Crippen LogP contribution is -2.42. The molecule has 1 saturated carbocycles. The van der Waals surface area contributed by atoms with E-state index in [4.69, 9.17) is 9.72 Å². The first-order chi connectivity index (χ1) is 16.0. The van der Waals surface area contributed by atoms with E-state index in [-0.39, 0.29) is 24.7 Å². The van der Waals surface area contributed by atoms with Gasteiger partial charge >= 0.3 is 5.97 Å². The summed E-state index contributed by atoms with van der Waals surface area (Å²) in [6, 6.07) is 8.39. The van der Waals surface area contributed by atoms with E-state index >= 15 is 0 Å². The van der Waals surface area contributed by atoms with Crippen LogP contribution in [0.25, 0.3) is 0 Å². The van der Waals surface area contributed by atoms with Crippen LogP contribution in [-0.4, -0.2) is 47.3 Å². The number of anilines is 1. The zero-order valence-electron chi connectivity index (χ0n) is 18.6. The van der Waals surface area contributed by atoms with Crippen LogP contribution in [0.3, 0.4) is 0 Å². The monoisotopic (exact) mass is 455 g/mol. The fraction of sp³-hybridized carbons (Fsp3) is 0.480. The number of carbonyl (C=O) groups is 2. The fourth-order valence-corrected chi connectivity index (χ4v) is 4.39. The van der Waals surface area contributed by atoms with Crippen molar-refractivity contribution in [3.8, 4) is 0 Å². The van der Waals surface area contributed by atoms with Crippen molar-refractivity contribution in [3.63, 3.8) is 0 Å². The van der Waals surface area contributed by atoms with Crippen molar-refractivity contribution in [3.05, 3.63) is 59.0 Å². The molecule has 2 aromatic rings. The van der Waals surface area contributed by atoms with Gasteiger partial charge in [-0.1, -0.05) is 12.1 Å². The Morgan fingerprint density at radius 1 is 1.27 bits per heavy atom. The maximum atomic E-state index is 13.3. The zero-order valence-corrected chi connectivity index (χ0v) is 18.6. The number of aryl methyl sites for hydroxylation is 2. The van der Waals surface area contributed by atoms with Gasteiger partial charge in [0.25, 0.3) is 5.91 Å². The number of benzene rings is 1. The summed E-state index contributed by atoms with van der Waals surface area (Å²) in [7, 11) is 0. The lowest BCUT2D eigenvalue weighted by molar-refractivity contribution is -0.140. The van der Waals surface area contributed by atoms with Crippen molar-refractivity contribution < 1.29 is 23.8 Å². The first kappa shape index (κ1) is 23.2. The lowest BCUT2D eigenvalue weighted by Gasteiger charge is -2.35. The molecule has 1 fully saturated rings. The van der Waals surface area contributed by atoms with Crippen molar-refractivity contribution in [1.29, 1.82) is 0 Å². The molecule has 0 saturated heterocycles. The summed E-state index contributed by atoms with van der Waals surface area (Å²) in [6.45, 7) is 1.23. The number of aliphatic carboxylic acids is 1. The van der Waals surface area contributed by atoms with Gasteiger partial charge in [0.15, 0.2) is 0 Å². The Kier molecular flexibility index (Phi) is 7.54. The number of ether oxygens (including phenoxy) is 1. The number of fused-ring (bicyclic) bond motifs is 1. The molecule has 1 aliphatic carbocycles. The van der Waals surface area contributed by atoms with E-state index in [9.17, 15) is 19.1 Å². The SMILES string of the molecule is O=C(N[C@@H](CCOC1CC(CCc2ccc3c(n2)NCCC3)C1)C(=O)O)c1cccc(F)c1. The summed E-state index contributed by atoms with van der Waals surface area (Å²) in [5.41, 5.74) is 2.51. The molecular weight excluding hydrogens is 425 g/mol. The Morgan fingerprint density at radius 2 is 2.12 bits per heavy atom. The normalized spacial score (nSPS) is 20.2. The maximum absolute atomic E-state index is 13.3. The molecule has 8 heteroatoms. The Hall–Kier alpha value is -3.00. The predicted molar refractivity (Wildman–Crippen MR) is 122 cm³/mol. The highest BCUT2D eigenvalue weighted by atomic mass is 19.1. The molecule has 0 radical (unpaired) electrons.